The number of halogens is 1. The van der Waals surface area contributed by atoms with Crippen LogP contribution in [-0.4, -0.2) is 25.0 Å². The molecule has 0 radical (unpaired) electrons. The average Bonchev–Trinajstić information content (AvgIpc) is 2.33. The third-order valence-electron chi connectivity index (χ3n) is 2.75. The lowest BCUT2D eigenvalue weighted by Gasteiger charge is -2.22. The number of benzene rings is 1. The second kappa shape index (κ2) is 6.67. The van der Waals surface area contributed by atoms with Crippen molar-refractivity contribution in [3.8, 4) is 0 Å². The van der Waals surface area contributed by atoms with Gasteiger partial charge in [-0.05, 0) is 36.7 Å². The highest BCUT2D eigenvalue weighted by Gasteiger charge is 2.11. The Hall–Kier alpha value is -0.990. The molecule has 1 aliphatic rings. The minimum Gasteiger partial charge on any atom is -0.399 e. The number of rotatable bonds is 1. The van der Waals surface area contributed by atoms with Gasteiger partial charge in [0.1, 0.15) is 0 Å². The van der Waals surface area contributed by atoms with Crippen LogP contribution >= 0.6 is 11.6 Å². The van der Waals surface area contributed by atoms with E-state index in [1.807, 2.05) is 32.0 Å². The molecule has 0 amide bonds. The van der Waals surface area contributed by atoms with Gasteiger partial charge in [0.2, 0.25) is 0 Å². The van der Waals surface area contributed by atoms with Crippen molar-refractivity contribution >= 4 is 22.9 Å². The van der Waals surface area contributed by atoms with Crippen LogP contribution in [-0.2, 0) is 0 Å². The molecule has 0 saturated heterocycles. The number of nitrogen functional groups attached to an aromatic ring is 1. The van der Waals surface area contributed by atoms with Crippen molar-refractivity contribution in [1.82, 2.24) is 4.90 Å². The Kier molecular flexibility index (Phi) is 5.52. The van der Waals surface area contributed by atoms with Gasteiger partial charge in [-0.15, -0.1) is 0 Å². The number of anilines is 1. The summed E-state index contributed by atoms with van der Waals surface area (Å²) in [5.74, 6) is 0. The summed E-state index contributed by atoms with van der Waals surface area (Å²) in [5, 5.41) is 0.755. The molecule has 1 aliphatic heterocycles. The first-order chi connectivity index (χ1) is 8.16. The zero-order valence-corrected chi connectivity index (χ0v) is 11.6. The van der Waals surface area contributed by atoms with Gasteiger partial charge in [-0.1, -0.05) is 37.6 Å². The molecule has 2 rings (SSSR count). The van der Waals surface area contributed by atoms with E-state index in [1.165, 1.54) is 5.57 Å². The third-order valence-corrected chi connectivity index (χ3v) is 3.06. The second-order valence-electron chi connectivity index (χ2n) is 3.98. The number of hydrogen-bond acceptors (Lipinski definition) is 2. The summed E-state index contributed by atoms with van der Waals surface area (Å²) in [6, 6.07) is 5.73. The third kappa shape index (κ3) is 3.76. The van der Waals surface area contributed by atoms with Crippen molar-refractivity contribution < 1.29 is 0 Å². The maximum atomic E-state index is 6.16. The van der Waals surface area contributed by atoms with Gasteiger partial charge >= 0.3 is 0 Å². The van der Waals surface area contributed by atoms with Crippen molar-refractivity contribution in [2.75, 3.05) is 25.9 Å². The summed E-state index contributed by atoms with van der Waals surface area (Å²) in [7, 11) is 2.12. The van der Waals surface area contributed by atoms with E-state index >= 15 is 0 Å². The lowest BCUT2D eigenvalue weighted by molar-refractivity contribution is 0.370. The van der Waals surface area contributed by atoms with E-state index in [0.29, 0.717) is 0 Å². The van der Waals surface area contributed by atoms with Crippen LogP contribution in [0.1, 0.15) is 25.8 Å². The van der Waals surface area contributed by atoms with E-state index in [2.05, 4.69) is 18.0 Å². The molecule has 0 unspecified atom stereocenters. The lowest BCUT2D eigenvalue weighted by Crippen LogP contribution is -2.23. The summed E-state index contributed by atoms with van der Waals surface area (Å²) < 4.78 is 0. The standard InChI is InChI=1S/C12H15ClN2.C2H6/c1-15-6-4-9(5-7-15)11-3-2-10(14)8-12(11)13;1-2/h2-4,8H,5-7,14H2,1H3;1-2H3. The molecule has 1 aromatic rings. The van der Waals surface area contributed by atoms with Crippen molar-refractivity contribution in [2.45, 2.75) is 20.3 Å². The molecule has 0 aliphatic carbocycles. The molecule has 0 spiro atoms. The van der Waals surface area contributed by atoms with Crippen LogP contribution in [0.15, 0.2) is 24.3 Å². The summed E-state index contributed by atoms with van der Waals surface area (Å²) in [6.45, 7) is 6.09. The molecule has 3 heteroatoms. The van der Waals surface area contributed by atoms with Crippen LogP contribution in [0.4, 0.5) is 5.69 Å². The van der Waals surface area contributed by atoms with Crippen LogP contribution in [0.2, 0.25) is 5.02 Å². The molecule has 94 valence electrons. The molecule has 1 heterocycles. The van der Waals surface area contributed by atoms with Gasteiger partial charge in [0, 0.05) is 18.8 Å². The molecule has 0 saturated carbocycles. The molecule has 0 bridgehead atoms. The Morgan fingerprint density at radius 1 is 1.29 bits per heavy atom. The van der Waals surface area contributed by atoms with Gasteiger partial charge in [-0.25, -0.2) is 0 Å². The Balaban J connectivity index is 0.000000686. The highest BCUT2D eigenvalue weighted by atomic mass is 35.5. The smallest absolute Gasteiger partial charge is 0.0501 e. The summed E-state index contributed by atoms with van der Waals surface area (Å²) in [6.07, 6.45) is 3.29. The number of nitrogens with zero attached hydrogens (tertiary/aromatic N) is 1. The van der Waals surface area contributed by atoms with E-state index in [1.54, 1.807) is 0 Å². The molecular weight excluding hydrogens is 232 g/mol. The Morgan fingerprint density at radius 3 is 2.53 bits per heavy atom. The molecule has 0 aromatic heterocycles. The first-order valence-corrected chi connectivity index (χ1v) is 6.47. The van der Waals surface area contributed by atoms with Crippen molar-refractivity contribution in [1.29, 1.82) is 0 Å². The van der Waals surface area contributed by atoms with E-state index in [-0.39, 0.29) is 0 Å². The number of hydrogen-bond donors (Lipinski definition) is 1. The zero-order valence-electron chi connectivity index (χ0n) is 10.8. The SMILES string of the molecule is CC.CN1CC=C(c2ccc(N)cc2Cl)CC1. The fourth-order valence-corrected chi connectivity index (χ4v) is 2.12. The summed E-state index contributed by atoms with van der Waals surface area (Å²) in [5.41, 5.74) is 8.84. The van der Waals surface area contributed by atoms with Gasteiger partial charge in [0.25, 0.3) is 0 Å². The van der Waals surface area contributed by atoms with Crippen molar-refractivity contribution in [2.24, 2.45) is 0 Å². The van der Waals surface area contributed by atoms with Gasteiger partial charge in [-0.2, -0.15) is 0 Å². The van der Waals surface area contributed by atoms with Crippen LogP contribution in [0.25, 0.3) is 5.57 Å². The van der Waals surface area contributed by atoms with Gasteiger partial charge in [-0.3, -0.25) is 0 Å². The summed E-state index contributed by atoms with van der Waals surface area (Å²) in [4.78, 5) is 2.29. The van der Waals surface area contributed by atoms with Gasteiger partial charge in [0.05, 0.1) is 5.02 Å². The molecule has 0 atom stereocenters. The average molecular weight is 253 g/mol. The first kappa shape index (κ1) is 14.1. The molecular formula is C14H21ClN2. The molecule has 2 nitrogen and oxygen atoms in total. The highest BCUT2D eigenvalue weighted by Crippen LogP contribution is 2.29. The van der Waals surface area contributed by atoms with E-state index < -0.39 is 0 Å². The van der Waals surface area contributed by atoms with Crippen LogP contribution in [0, 0.1) is 0 Å². The van der Waals surface area contributed by atoms with E-state index in [0.717, 1.165) is 35.8 Å². The highest BCUT2D eigenvalue weighted by molar-refractivity contribution is 6.32. The summed E-state index contributed by atoms with van der Waals surface area (Å²) >= 11 is 6.16. The van der Waals surface area contributed by atoms with E-state index in [9.17, 15) is 0 Å². The van der Waals surface area contributed by atoms with Crippen LogP contribution in [0.5, 0.6) is 0 Å². The topological polar surface area (TPSA) is 29.3 Å². The lowest BCUT2D eigenvalue weighted by atomic mass is 9.99. The minimum atomic E-state index is 0.720. The Labute approximate surface area is 109 Å². The fraction of sp³-hybridized carbons (Fsp3) is 0.429. The van der Waals surface area contributed by atoms with Crippen molar-refractivity contribution in [3.63, 3.8) is 0 Å². The normalized spacial score (nSPS) is 15.9. The largest absolute Gasteiger partial charge is 0.399 e. The minimum absolute atomic E-state index is 0.720. The van der Waals surface area contributed by atoms with E-state index in [4.69, 9.17) is 17.3 Å². The molecule has 1 aromatic carbocycles. The zero-order chi connectivity index (χ0) is 12.8. The second-order valence-corrected chi connectivity index (χ2v) is 4.39. The first-order valence-electron chi connectivity index (χ1n) is 6.10. The predicted molar refractivity (Wildman–Crippen MR) is 77.3 cm³/mol. The molecule has 0 fully saturated rings. The fourth-order valence-electron chi connectivity index (χ4n) is 1.81. The number of likely N-dealkylation sites (N-methyl/N-ethyl adjacent to an activating group) is 1. The number of nitrogens with two attached hydrogens (primary N) is 1. The Bertz CT molecular complexity index is 399. The maximum absolute atomic E-state index is 6.16. The predicted octanol–water partition coefficient (Wildman–Crippen LogP) is 3.67. The van der Waals surface area contributed by atoms with Gasteiger partial charge < -0.3 is 10.6 Å². The molecule has 17 heavy (non-hydrogen) atoms. The van der Waals surface area contributed by atoms with Gasteiger partial charge in [0.15, 0.2) is 0 Å². The Morgan fingerprint density at radius 2 is 2.00 bits per heavy atom. The quantitative estimate of drug-likeness (QED) is 0.773. The molecule has 2 N–H and O–H groups in total. The van der Waals surface area contributed by atoms with Crippen molar-refractivity contribution in [3.05, 3.63) is 34.9 Å². The van der Waals surface area contributed by atoms with Crippen LogP contribution in [0.3, 0.4) is 0 Å². The van der Waals surface area contributed by atoms with Crippen LogP contribution < -0.4 is 5.73 Å². The maximum Gasteiger partial charge on any atom is 0.0501 e. The monoisotopic (exact) mass is 252 g/mol.